The van der Waals surface area contributed by atoms with Crippen LogP contribution < -0.4 is 11.1 Å². The molecule has 0 radical (unpaired) electrons. The maximum Gasteiger partial charge on any atom is 0.250 e. The lowest BCUT2D eigenvalue weighted by Crippen LogP contribution is -2.13. The third kappa shape index (κ3) is 4.64. The van der Waals surface area contributed by atoms with Crippen LogP contribution in [0, 0.1) is 5.82 Å². The average molecular weight is 337 g/mol. The summed E-state index contributed by atoms with van der Waals surface area (Å²) in [5, 5.41) is 3.29. The standard InChI is InChI=1S/C16H18ClFN4O/c1-22(2)9-11-4-3-10(5-14(11)18)7-20-16-13(17)6-12(8-21-16)15(19)23/h3-6,8H,7,9H2,1-2H3,(H2,19,23)(H,20,21). The smallest absolute Gasteiger partial charge is 0.250 e. The van der Waals surface area contributed by atoms with Crippen LogP contribution in [0.3, 0.4) is 0 Å². The van der Waals surface area contributed by atoms with Crippen LogP contribution in [0.15, 0.2) is 30.5 Å². The highest BCUT2D eigenvalue weighted by molar-refractivity contribution is 6.33. The minimum atomic E-state index is -0.593. The molecule has 0 aliphatic heterocycles. The zero-order valence-electron chi connectivity index (χ0n) is 12.9. The molecule has 0 saturated heterocycles. The predicted octanol–water partition coefficient (Wildman–Crippen LogP) is 2.65. The minimum Gasteiger partial charge on any atom is -0.366 e. The fourth-order valence-corrected chi connectivity index (χ4v) is 2.29. The molecule has 2 aromatic rings. The van der Waals surface area contributed by atoms with E-state index in [2.05, 4.69) is 10.3 Å². The first-order valence-electron chi connectivity index (χ1n) is 6.98. The largest absolute Gasteiger partial charge is 0.366 e. The Morgan fingerprint density at radius 3 is 2.70 bits per heavy atom. The summed E-state index contributed by atoms with van der Waals surface area (Å²) in [5.74, 6) is -0.430. The third-order valence-corrected chi connectivity index (χ3v) is 3.48. The average Bonchev–Trinajstić information content (AvgIpc) is 2.48. The van der Waals surface area contributed by atoms with Crippen molar-refractivity contribution in [2.45, 2.75) is 13.1 Å². The summed E-state index contributed by atoms with van der Waals surface area (Å²) in [6.45, 7) is 0.906. The predicted molar refractivity (Wildman–Crippen MR) is 88.9 cm³/mol. The van der Waals surface area contributed by atoms with Crippen molar-refractivity contribution in [3.8, 4) is 0 Å². The van der Waals surface area contributed by atoms with Crippen molar-refractivity contribution >= 4 is 23.3 Å². The number of nitrogens with two attached hydrogens (primary N) is 1. The number of hydrogen-bond acceptors (Lipinski definition) is 4. The van der Waals surface area contributed by atoms with Gasteiger partial charge in [-0.05, 0) is 31.8 Å². The normalized spacial score (nSPS) is 10.8. The van der Waals surface area contributed by atoms with Gasteiger partial charge in [-0.2, -0.15) is 0 Å². The topological polar surface area (TPSA) is 71.2 Å². The molecule has 0 aliphatic carbocycles. The van der Waals surface area contributed by atoms with Gasteiger partial charge in [0.2, 0.25) is 5.91 Å². The van der Waals surface area contributed by atoms with Crippen LogP contribution in [0.4, 0.5) is 10.2 Å². The third-order valence-electron chi connectivity index (χ3n) is 3.19. The van der Waals surface area contributed by atoms with Crippen molar-refractivity contribution < 1.29 is 9.18 Å². The van der Waals surface area contributed by atoms with Gasteiger partial charge in [0, 0.05) is 24.8 Å². The molecule has 5 nitrogen and oxygen atoms in total. The number of rotatable bonds is 6. The monoisotopic (exact) mass is 336 g/mol. The van der Waals surface area contributed by atoms with Crippen molar-refractivity contribution in [3.05, 3.63) is 58.0 Å². The molecule has 23 heavy (non-hydrogen) atoms. The first-order valence-corrected chi connectivity index (χ1v) is 7.36. The minimum absolute atomic E-state index is 0.236. The molecule has 122 valence electrons. The van der Waals surface area contributed by atoms with Crippen molar-refractivity contribution in [1.82, 2.24) is 9.88 Å². The van der Waals surface area contributed by atoms with Gasteiger partial charge in [-0.15, -0.1) is 0 Å². The zero-order chi connectivity index (χ0) is 17.0. The number of amides is 1. The molecule has 1 aromatic heterocycles. The molecule has 0 aliphatic rings. The SMILES string of the molecule is CN(C)Cc1ccc(CNc2ncc(C(N)=O)cc2Cl)cc1F. The second-order valence-electron chi connectivity index (χ2n) is 5.44. The van der Waals surface area contributed by atoms with Gasteiger partial charge in [-0.3, -0.25) is 4.79 Å². The molecule has 0 saturated carbocycles. The Kier molecular flexibility index (Phi) is 5.52. The molecule has 0 spiro atoms. The molecule has 3 N–H and O–H groups in total. The Bertz CT molecular complexity index is 721. The molecule has 0 atom stereocenters. The molecule has 0 bridgehead atoms. The number of hydrogen-bond donors (Lipinski definition) is 2. The summed E-state index contributed by atoms with van der Waals surface area (Å²) in [6, 6.07) is 6.54. The van der Waals surface area contributed by atoms with Crippen molar-refractivity contribution in [2.75, 3.05) is 19.4 Å². The summed E-state index contributed by atoms with van der Waals surface area (Å²) in [6.07, 6.45) is 1.34. The van der Waals surface area contributed by atoms with Gasteiger partial charge in [0.25, 0.3) is 0 Å². The number of carbonyl (C=O) groups excluding carboxylic acids is 1. The number of benzene rings is 1. The van der Waals surface area contributed by atoms with Crippen LogP contribution in [0.5, 0.6) is 0 Å². The Morgan fingerprint density at radius 2 is 2.13 bits per heavy atom. The summed E-state index contributed by atoms with van der Waals surface area (Å²) in [7, 11) is 3.77. The summed E-state index contributed by atoms with van der Waals surface area (Å²) < 4.78 is 14.0. The van der Waals surface area contributed by atoms with E-state index in [9.17, 15) is 9.18 Å². The van der Waals surface area contributed by atoms with Gasteiger partial charge < -0.3 is 16.0 Å². The highest BCUT2D eigenvalue weighted by Gasteiger charge is 2.08. The first kappa shape index (κ1) is 17.2. The van der Waals surface area contributed by atoms with Crippen molar-refractivity contribution in [2.24, 2.45) is 5.73 Å². The number of halogens is 2. The van der Waals surface area contributed by atoms with Crippen LogP contribution in [-0.4, -0.2) is 29.9 Å². The van der Waals surface area contributed by atoms with E-state index in [4.69, 9.17) is 17.3 Å². The van der Waals surface area contributed by atoms with E-state index >= 15 is 0 Å². The highest BCUT2D eigenvalue weighted by Crippen LogP contribution is 2.21. The number of aromatic nitrogens is 1. The first-order chi connectivity index (χ1) is 10.9. The van der Waals surface area contributed by atoms with Crippen LogP contribution in [-0.2, 0) is 13.1 Å². The van der Waals surface area contributed by atoms with Gasteiger partial charge in [0.1, 0.15) is 11.6 Å². The van der Waals surface area contributed by atoms with Gasteiger partial charge in [-0.25, -0.2) is 9.37 Å². The van der Waals surface area contributed by atoms with Crippen LogP contribution in [0.25, 0.3) is 0 Å². The number of nitrogens with one attached hydrogen (secondary N) is 1. The van der Waals surface area contributed by atoms with E-state index < -0.39 is 5.91 Å². The van der Waals surface area contributed by atoms with E-state index in [1.54, 1.807) is 6.07 Å². The Hall–Kier alpha value is -2.18. The lowest BCUT2D eigenvalue weighted by Gasteiger charge is -2.12. The summed E-state index contributed by atoms with van der Waals surface area (Å²) in [4.78, 5) is 17.0. The van der Waals surface area contributed by atoms with E-state index in [0.29, 0.717) is 24.5 Å². The second kappa shape index (κ2) is 7.39. The number of pyridine rings is 1. The molecule has 1 heterocycles. The fourth-order valence-electron chi connectivity index (χ4n) is 2.06. The van der Waals surface area contributed by atoms with E-state index in [-0.39, 0.29) is 16.4 Å². The molecular weight excluding hydrogens is 319 g/mol. The maximum absolute atomic E-state index is 14.0. The number of nitrogens with zero attached hydrogens (tertiary/aromatic N) is 2. The van der Waals surface area contributed by atoms with Gasteiger partial charge in [-0.1, -0.05) is 23.7 Å². The number of carbonyl (C=O) groups is 1. The van der Waals surface area contributed by atoms with Gasteiger partial charge in [0.15, 0.2) is 0 Å². The molecular formula is C16H18ClFN4O. The number of anilines is 1. The molecule has 1 aromatic carbocycles. The highest BCUT2D eigenvalue weighted by atomic mass is 35.5. The van der Waals surface area contributed by atoms with Crippen LogP contribution in [0.1, 0.15) is 21.5 Å². The van der Waals surface area contributed by atoms with Crippen LogP contribution in [0.2, 0.25) is 5.02 Å². The second-order valence-corrected chi connectivity index (χ2v) is 5.84. The lowest BCUT2D eigenvalue weighted by molar-refractivity contribution is 0.1000. The van der Waals surface area contributed by atoms with Crippen LogP contribution >= 0.6 is 11.6 Å². The van der Waals surface area contributed by atoms with Crippen molar-refractivity contribution in [1.29, 1.82) is 0 Å². The zero-order valence-corrected chi connectivity index (χ0v) is 13.7. The molecule has 0 fully saturated rings. The molecule has 2 rings (SSSR count). The van der Waals surface area contributed by atoms with E-state index in [1.165, 1.54) is 18.3 Å². The Morgan fingerprint density at radius 1 is 1.39 bits per heavy atom. The molecule has 7 heteroatoms. The summed E-state index contributed by atoms with van der Waals surface area (Å²) in [5.41, 5.74) is 6.80. The fraction of sp³-hybridized carbons (Fsp3) is 0.250. The number of primary amides is 1. The molecule has 0 unspecified atom stereocenters. The Balaban J connectivity index is 2.06. The Labute approximate surface area is 139 Å². The van der Waals surface area contributed by atoms with Crippen molar-refractivity contribution in [3.63, 3.8) is 0 Å². The molecule has 1 amide bonds. The summed E-state index contributed by atoms with van der Waals surface area (Å²) >= 11 is 6.04. The van der Waals surface area contributed by atoms with Gasteiger partial charge >= 0.3 is 0 Å². The van der Waals surface area contributed by atoms with Gasteiger partial charge in [0.05, 0.1) is 10.6 Å². The maximum atomic E-state index is 14.0. The quantitative estimate of drug-likeness (QED) is 0.850. The lowest BCUT2D eigenvalue weighted by atomic mass is 10.1. The van der Waals surface area contributed by atoms with E-state index in [0.717, 1.165) is 5.56 Å². The van der Waals surface area contributed by atoms with E-state index in [1.807, 2.05) is 25.1 Å².